The number of halogens is 2. The zero-order valence-corrected chi connectivity index (χ0v) is 21.9. The van der Waals surface area contributed by atoms with Crippen molar-refractivity contribution in [3.63, 3.8) is 0 Å². The highest BCUT2D eigenvalue weighted by molar-refractivity contribution is 5.79. The number of benzene rings is 1. The number of pyridine rings is 1. The summed E-state index contributed by atoms with van der Waals surface area (Å²) in [5.74, 6) is 1.27. The van der Waals surface area contributed by atoms with E-state index >= 15 is 0 Å². The number of alkyl halides is 2. The highest BCUT2D eigenvalue weighted by atomic mass is 19.3. The predicted octanol–water partition coefficient (Wildman–Crippen LogP) is 3.49. The number of anilines is 2. The van der Waals surface area contributed by atoms with Crippen molar-refractivity contribution >= 4 is 28.7 Å². The molecule has 0 aliphatic carbocycles. The van der Waals surface area contributed by atoms with Crippen LogP contribution in [0.5, 0.6) is 0 Å². The number of carbonyl (C=O) groups excluding carboxylic acids is 1. The van der Waals surface area contributed by atoms with Crippen molar-refractivity contribution in [2.24, 2.45) is 5.92 Å². The predicted molar refractivity (Wildman–Crippen MR) is 146 cm³/mol. The smallest absolute Gasteiger partial charge is 0.296 e. The monoisotopic (exact) mass is 548 g/mol. The Morgan fingerprint density at radius 1 is 1.05 bits per heavy atom. The van der Waals surface area contributed by atoms with Crippen molar-refractivity contribution in [1.82, 2.24) is 29.4 Å². The number of hydrogen-bond donors (Lipinski definition) is 1. The lowest BCUT2D eigenvalue weighted by Gasteiger charge is -2.27. The maximum Gasteiger partial charge on any atom is 0.296 e. The van der Waals surface area contributed by atoms with Crippen LogP contribution in [0.2, 0.25) is 0 Å². The Hall–Kier alpha value is -4.19. The van der Waals surface area contributed by atoms with Gasteiger partial charge < -0.3 is 19.9 Å². The van der Waals surface area contributed by atoms with E-state index in [0.717, 1.165) is 12.0 Å². The topological polar surface area (TPSA) is 101 Å². The normalized spacial score (nSPS) is 17.6. The van der Waals surface area contributed by atoms with Crippen LogP contribution in [-0.4, -0.2) is 81.2 Å². The molecular weight excluding hydrogens is 518 g/mol. The number of nitrogens with one attached hydrogen (secondary N) is 1. The number of para-hydroxylation sites is 2. The van der Waals surface area contributed by atoms with E-state index in [1.165, 1.54) is 4.57 Å². The number of carbonyl (C=O) groups is 1. The number of hydrogen-bond acceptors (Lipinski definition) is 8. The summed E-state index contributed by atoms with van der Waals surface area (Å²) in [5, 5.41) is 3.40. The minimum atomic E-state index is -2.78. The lowest BCUT2D eigenvalue weighted by Crippen LogP contribution is -2.37. The average molecular weight is 549 g/mol. The van der Waals surface area contributed by atoms with Crippen LogP contribution in [0.3, 0.4) is 0 Å². The molecule has 1 aromatic carbocycles. The van der Waals surface area contributed by atoms with Gasteiger partial charge in [0.15, 0.2) is 5.82 Å². The molecule has 2 aliphatic rings. The molecule has 40 heavy (non-hydrogen) atoms. The van der Waals surface area contributed by atoms with Gasteiger partial charge in [-0.1, -0.05) is 12.1 Å². The molecule has 0 spiro atoms. The van der Waals surface area contributed by atoms with Gasteiger partial charge in [0.05, 0.1) is 30.7 Å². The zero-order valence-electron chi connectivity index (χ0n) is 21.9. The number of fused-ring (bicyclic) bond motifs is 1. The Balaban J connectivity index is 1.23. The Kier molecular flexibility index (Phi) is 7.49. The first-order chi connectivity index (χ1) is 19.5. The van der Waals surface area contributed by atoms with Crippen molar-refractivity contribution in [1.29, 1.82) is 0 Å². The quantitative estimate of drug-likeness (QED) is 0.357. The summed E-state index contributed by atoms with van der Waals surface area (Å²) in [6.07, 6.45) is 1.83. The van der Waals surface area contributed by atoms with Gasteiger partial charge in [0, 0.05) is 51.2 Å². The lowest BCUT2D eigenvalue weighted by molar-refractivity contribution is -0.129. The fraction of sp³-hybridized carbons (Fsp3) is 0.393. The molecule has 0 bridgehead atoms. The van der Waals surface area contributed by atoms with Crippen molar-refractivity contribution in [3.8, 4) is 5.82 Å². The third kappa shape index (κ3) is 5.57. The molecule has 1 N–H and O–H groups in total. The second-order valence-corrected chi connectivity index (χ2v) is 10.0. The van der Waals surface area contributed by atoms with Gasteiger partial charge in [-0.05, 0) is 42.2 Å². The Labute approximate surface area is 230 Å². The first kappa shape index (κ1) is 26.1. The molecule has 3 aromatic heterocycles. The van der Waals surface area contributed by atoms with Crippen LogP contribution in [0.25, 0.3) is 16.9 Å². The lowest BCUT2D eigenvalue weighted by atomic mass is 10.1. The standard InChI is InChI=1S/C28H30F2N8O2/c29-26(30)27-33-21-3-1-2-4-22(21)38(27)24-16-23(34-28(35-24)36-11-13-40-14-12-36)32-17-20-7-10-37(18-20)25(39)15-19-5-8-31-9-6-19/h1-6,8-9,16,20,26H,7,10-15,17-18H2,(H,32,34,35)/t20-/m1/s1. The SMILES string of the molecule is O=C(Cc1ccncc1)N1CC[C@H](CNc2cc(-n3c(C(F)F)nc4ccccc43)nc(N3CCOCC3)n2)C1. The maximum atomic E-state index is 14.1. The van der Waals surface area contributed by atoms with Crippen molar-refractivity contribution < 1.29 is 18.3 Å². The number of rotatable bonds is 8. The number of imidazole rings is 1. The summed E-state index contributed by atoms with van der Waals surface area (Å²) < 4.78 is 35.1. The van der Waals surface area contributed by atoms with Gasteiger partial charge in [0.1, 0.15) is 11.6 Å². The molecule has 0 radical (unpaired) electrons. The third-order valence-corrected chi connectivity index (χ3v) is 7.32. The van der Waals surface area contributed by atoms with Crippen LogP contribution in [0.1, 0.15) is 24.2 Å². The number of amides is 1. The van der Waals surface area contributed by atoms with Gasteiger partial charge in [-0.3, -0.25) is 14.3 Å². The van der Waals surface area contributed by atoms with Crippen molar-refractivity contribution in [3.05, 3.63) is 66.2 Å². The molecule has 5 heterocycles. The summed E-state index contributed by atoms with van der Waals surface area (Å²) in [5.41, 5.74) is 1.97. The van der Waals surface area contributed by atoms with E-state index in [9.17, 15) is 13.6 Å². The van der Waals surface area contributed by atoms with Crippen LogP contribution in [0, 0.1) is 5.92 Å². The second-order valence-electron chi connectivity index (χ2n) is 10.0. The van der Waals surface area contributed by atoms with E-state index < -0.39 is 6.43 Å². The summed E-state index contributed by atoms with van der Waals surface area (Å²) in [6, 6.07) is 12.4. The molecule has 2 fully saturated rings. The van der Waals surface area contributed by atoms with Crippen molar-refractivity contribution in [2.75, 3.05) is 56.2 Å². The number of aromatic nitrogens is 5. The summed E-state index contributed by atoms with van der Waals surface area (Å²) in [6.45, 7) is 4.22. The second kappa shape index (κ2) is 11.5. The number of likely N-dealkylation sites (tertiary alicyclic amines) is 1. The first-order valence-corrected chi connectivity index (χ1v) is 13.4. The van der Waals surface area contributed by atoms with E-state index in [4.69, 9.17) is 14.7 Å². The zero-order chi connectivity index (χ0) is 27.5. The van der Waals surface area contributed by atoms with Gasteiger partial charge >= 0.3 is 0 Å². The third-order valence-electron chi connectivity index (χ3n) is 7.32. The van der Waals surface area contributed by atoms with E-state index in [0.29, 0.717) is 81.0 Å². The molecule has 6 rings (SSSR count). The molecule has 12 heteroatoms. The average Bonchev–Trinajstić information content (AvgIpc) is 3.62. The Morgan fingerprint density at radius 2 is 1.85 bits per heavy atom. The van der Waals surface area contributed by atoms with E-state index in [2.05, 4.69) is 15.3 Å². The molecule has 208 valence electrons. The molecule has 1 amide bonds. The molecule has 2 aliphatic heterocycles. The molecule has 0 saturated carbocycles. The molecular formula is C28H30F2N8O2. The van der Waals surface area contributed by atoms with Gasteiger partial charge in [0.2, 0.25) is 11.9 Å². The Bertz CT molecular complexity index is 1480. The number of morpholine rings is 1. The van der Waals surface area contributed by atoms with Gasteiger partial charge in [-0.15, -0.1) is 0 Å². The van der Waals surface area contributed by atoms with Crippen LogP contribution in [0.4, 0.5) is 20.5 Å². The molecule has 0 unspecified atom stereocenters. The van der Waals surface area contributed by atoms with Crippen LogP contribution in [-0.2, 0) is 16.0 Å². The summed E-state index contributed by atoms with van der Waals surface area (Å²) in [4.78, 5) is 34.3. The largest absolute Gasteiger partial charge is 0.378 e. The fourth-order valence-electron chi connectivity index (χ4n) is 5.23. The summed E-state index contributed by atoms with van der Waals surface area (Å²) >= 11 is 0. The van der Waals surface area contributed by atoms with E-state index in [1.807, 2.05) is 21.9 Å². The maximum absolute atomic E-state index is 14.1. The Morgan fingerprint density at radius 3 is 2.65 bits per heavy atom. The van der Waals surface area contributed by atoms with Crippen LogP contribution in [0.15, 0.2) is 54.9 Å². The number of nitrogens with zero attached hydrogens (tertiary/aromatic N) is 7. The minimum absolute atomic E-state index is 0.0964. The highest BCUT2D eigenvalue weighted by Crippen LogP contribution is 2.29. The molecule has 2 saturated heterocycles. The first-order valence-electron chi connectivity index (χ1n) is 13.4. The van der Waals surface area contributed by atoms with Gasteiger partial charge in [-0.25, -0.2) is 13.8 Å². The highest BCUT2D eigenvalue weighted by Gasteiger charge is 2.27. The summed E-state index contributed by atoms with van der Waals surface area (Å²) in [7, 11) is 0. The number of ether oxygens (including phenoxy) is 1. The molecule has 1 atom stereocenters. The molecule has 10 nitrogen and oxygen atoms in total. The molecule has 4 aromatic rings. The minimum Gasteiger partial charge on any atom is -0.378 e. The van der Waals surface area contributed by atoms with Gasteiger partial charge in [-0.2, -0.15) is 9.97 Å². The van der Waals surface area contributed by atoms with E-state index in [1.54, 1.807) is 42.7 Å². The van der Waals surface area contributed by atoms with Crippen LogP contribution >= 0.6 is 0 Å². The van der Waals surface area contributed by atoms with Gasteiger partial charge in [0.25, 0.3) is 6.43 Å². The van der Waals surface area contributed by atoms with Crippen LogP contribution < -0.4 is 10.2 Å². The van der Waals surface area contributed by atoms with Crippen molar-refractivity contribution in [2.45, 2.75) is 19.3 Å². The fourth-order valence-corrected chi connectivity index (χ4v) is 5.23. The van der Waals surface area contributed by atoms with E-state index in [-0.39, 0.29) is 17.6 Å².